The average Bonchev–Trinajstić information content (AvgIpc) is 1.88. The first-order valence-electron chi connectivity index (χ1n) is 2.52. The molecule has 0 saturated heterocycles. The van der Waals surface area contributed by atoms with Gasteiger partial charge in [0.2, 0.25) is 5.82 Å². The highest BCUT2D eigenvalue weighted by Gasteiger charge is 2.10. The number of nitro benzene ring substituents is 1. The molecule has 3 nitrogen and oxygen atoms in total. The largest absolute Gasteiger partial charge is 0.312 e. The van der Waals surface area contributed by atoms with E-state index in [2.05, 4.69) is 6.07 Å². The van der Waals surface area contributed by atoms with Crippen LogP contribution in [0.2, 0.25) is 0 Å². The molecular weight excluding hydrogens is 137 g/mol. The number of hydrogen-bond acceptors (Lipinski definition) is 2. The number of nitrogens with zero attached hydrogens (tertiary/aromatic N) is 1. The Bertz CT molecular complexity index is 262. The Kier molecular flexibility index (Phi) is 1.62. The lowest BCUT2D eigenvalue weighted by molar-refractivity contribution is -0.387. The van der Waals surface area contributed by atoms with Crippen molar-refractivity contribution in [3.63, 3.8) is 0 Å². The van der Waals surface area contributed by atoms with Gasteiger partial charge in [0.25, 0.3) is 0 Å². The topological polar surface area (TPSA) is 43.1 Å². The highest BCUT2D eigenvalue weighted by Crippen LogP contribution is 2.13. The predicted octanol–water partition coefficient (Wildman–Crippen LogP) is 1.53. The van der Waals surface area contributed by atoms with Gasteiger partial charge >= 0.3 is 5.69 Å². The van der Waals surface area contributed by atoms with Crippen LogP contribution in [-0.4, -0.2) is 4.92 Å². The normalized spacial score (nSPS) is 9.30. The summed E-state index contributed by atoms with van der Waals surface area (Å²) in [5.41, 5.74) is -0.609. The molecule has 0 spiro atoms. The maximum atomic E-state index is 12.4. The number of nitro groups is 1. The molecule has 1 radical (unpaired) electrons. The summed E-state index contributed by atoms with van der Waals surface area (Å²) in [6, 6.07) is 5.83. The molecule has 0 N–H and O–H groups in total. The quantitative estimate of drug-likeness (QED) is 0.438. The van der Waals surface area contributed by atoms with Crippen LogP contribution in [0.4, 0.5) is 10.1 Å². The van der Waals surface area contributed by atoms with Gasteiger partial charge in [-0.25, -0.2) is 0 Å². The molecule has 0 unspecified atom stereocenters. The predicted molar refractivity (Wildman–Crippen MR) is 31.9 cm³/mol. The van der Waals surface area contributed by atoms with Crippen molar-refractivity contribution in [1.82, 2.24) is 0 Å². The van der Waals surface area contributed by atoms with Crippen LogP contribution in [0.3, 0.4) is 0 Å². The smallest absolute Gasteiger partial charge is 0.258 e. The first kappa shape index (κ1) is 6.67. The van der Waals surface area contributed by atoms with Gasteiger partial charge in [-0.15, -0.1) is 0 Å². The second-order valence-corrected chi connectivity index (χ2v) is 1.62. The third kappa shape index (κ3) is 1.10. The van der Waals surface area contributed by atoms with Crippen molar-refractivity contribution in [2.24, 2.45) is 0 Å². The summed E-state index contributed by atoms with van der Waals surface area (Å²) in [4.78, 5) is 9.15. The van der Waals surface area contributed by atoms with Gasteiger partial charge in [0.15, 0.2) is 0 Å². The Labute approximate surface area is 56.2 Å². The van der Waals surface area contributed by atoms with Gasteiger partial charge < -0.3 is 0 Å². The van der Waals surface area contributed by atoms with E-state index < -0.39 is 16.4 Å². The lowest BCUT2D eigenvalue weighted by Crippen LogP contribution is -1.90. The van der Waals surface area contributed by atoms with Crippen LogP contribution in [0, 0.1) is 22.0 Å². The molecule has 0 aliphatic rings. The molecule has 1 aromatic carbocycles. The molecule has 0 aliphatic carbocycles. The number of benzene rings is 1. The van der Waals surface area contributed by atoms with Crippen LogP contribution in [0.5, 0.6) is 0 Å². The fourth-order valence-corrected chi connectivity index (χ4v) is 0.547. The van der Waals surface area contributed by atoms with Crippen LogP contribution in [0.15, 0.2) is 18.2 Å². The highest BCUT2D eigenvalue weighted by atomic mass is 19.1. The van der Waals surface area contributed by atoms with Crippen LogP contribution in [-0.2, 0) is 0 Å². The molecule has 1 aromatic rings. The van der Waals surface area contributed by atoms with Crippen LogP contribution >= 0.6 is 0 Å². The third-order valence-electron chi connectivity index (χ3n) is 0.968. The van der Waals surface area contributed by atoms with Crippen molar-refractivity contribution in [2.75, 3.05) is 0 Å². The van der Waals surface area contributed by atoms with E-state index in [1.165, 1.54) is 12.1 Å². The van der Waals surface area contributed by atoms with Gasteiger partial charge in [-0.3, -0.25) is 10.1 Å². The first-order valence-corrected chi connectivity index (χ1v) is 2.52. The molecule has 1 rings (SSSR count). The SMILES string of the molecule is O=[N+]([O-])c1[c]cccc1F. The molecule has 10 heavy (non-hydrogen) atoms. The van der Waals surface area contributed by atoms with Crippen molar-refractivity contribution < 1.29 is 9.31 Å². The Morgan fingerprint density at radius 3 is 2.80 bits per heavy atom. The minimum Gasteiger partial charge on any atom is -0.258 e. The summed E-state index contributed by atoms with van der Waals surface area (Å²) in [6.45, 7) is 0. The fraction of sp³-hybridized carbons (Fsp3) is 0. The van der Waals surface area contributed by atoms with Gasteiger partial charge in [0.05, 0.1) is 11.0 Å². The molecule has 0 fully saturated rings. The van der Waals surface area contributed by atoms with Crippen molar-refractivity contribution in [3.8, 4) is 0 Å². The fourth-order valence-electron chi connectivity index (χ4n) is 0.547. The summed E-state index contributed by atoms with van der Waals surface area (Å²) in [5.74, 6) is -0.854. The molecule has 0 aliphatic heterocycles. The molecule has 0 bridgehead atoms. The van der Waals surface area contributed by atoms with E-state index in [-0.39, 0.29) is 0 Å². The summed E-state index contributed by atoms with van der Waals surface area (Å²) in [6.07, 6.45) is 0. The Hall–Kier alpha value is -1.45. The van der Waals surface area contributed by atoms with Crippen molar-refractivity contribution in [3.05, 3.63) is 40.2 Å². The number of halogens is 1. The first-order chi connectivity index (χ1) is 4.72. The van der Waals surface area contributed by atoms with Crippen LogP contribution < -0.4 is 0 Å². The van der Waals surface area contributed by atoms with Crippen LogP contribution in [0.25, 0.3) is 0 Å². The zero-order valence-corrected chi connectivity index (χ0v) is 4.87. The minimum absolute atomic E-state index is 0.609. The lowest BCUT2D eigenvalue weighted by Gasteiger charge is -1.88. The molecule has 0 aromatic heterocycles. The summed E-state index contributed by atoms with van der Waals surface area (Å²) >= 11 is 0. The zero-order chi connectivity index (χ0) is 7.56. The number of rotatable bonds is 1. The highest BCUT2D eigenvalue weighted by molar-refractivity contribution is 5.28. The Balaban J connectivity index is 3.15. The lowest BCUT2D eigenvalue weighted by atomic mass is 10.3. The van der Waals surface area contributed by atoms with E-state index in [1.54, 1.807) is 0 Å². The average molecular weight is 140 g/mol. The van der Waals surface area contributed by atoms with Gasteiger partial charge in [0.1, 0.15) is 0 Å². The Morgan fingerprint density at radius 2 is 2.40 bits per heavy atom. The van der Waals surface area contributed by atoms with Crippen molar-refractivity contribution >= 4 is 5.69 Å². The molecule has 0 heterocycles. The van der Waals surface area contributed by atoms with Crippen LogP contribution in [0.1, 0.15) is 0 Å². The number of para-hydroxylation sites is 1. The second kappa shape index (κ2) is 2.43. The minimum atomic E-state index is -0.854. The summed E-state index contributed by atoms with van der Waals surface area (Å²) in [7, 11) is 0. The maximum Gasteiger partial charge on any atom is 0.312 e. The summed E-state index contributed by atoms with van der Waals surface area (Å²) < 4.78 is 12.4. The molecular formula is C6H3FNO2. The second-order valence-electron chi connectivity index (χ2n) is 1.62. The molecule has 0 saturated carbocycles. The van der Waals surface area contributed by atoms with E-state index in [4.69, 9.17) is 0 Å². The van der Waals surface area contributed by atoms with E-state index in [9.17, 15) is 14.5 Å². The van der Waals surface area contributed by atoms with E-state index in [1.807, 2.05) is 0 Å². The van der Waals surface area contributed by atoms with E-state index in [0.717, 1.165) is 6.07 Å². The van der Waals surface area contributed by atoms with Crippen molar-refractivity contribution in [2.45, 2.75) is 0 Å². The van der Waals surface area contributed by atoms with Gasteiger partial charge in [-0.1, -0.05) is 6.07 Å². The maximum absolute atomic E-state index is 12.4. The monoisotopic (exact) mass is 140 g/mol. The standard InChI is InChI=1S/C6H3FNO2/c7-5-3-1-2-4-6(5)8(9)10/h1-3H. The van der Waals surface area contributed by atoms with Gasteiger partial charge in [0, 0.05) is 0 Å². The Morgan fingerprint density at radius 1 is 1.70 bits per heavy atom. The summed E-state index contributed by atoms with van der Waals surface area (Å²) in [5, 5.41) is 9.96. The van der Waals surface area contributed by atoms with Crippen molar-refractivity contribution in [1.29, 1.82) is 0 Å². The molecule has 4 heteroatoms. The molecule has 0 atom stereocenters. The van der Waals surface area contributed by atoms with E-state index >= 15 is 0 Å². The van der Waals surface area contributed by atoms with Gasteiger partial charge in [-0.2, -0.15) is 4.39 Å². The third-order valence-corrected chi connectivity index (χ3v) is 0.968. The number of hydrogen-bond donors (Lipinski definition) is 0. The zero-order valence-electron chi connectivity index (χ0n) is 4.87. The molecule has 51 valence electrons. The van der Waals surface area contributed by atoms with Gasteiger partial charge in [-0.05, 0) is 12.1 Å². The van der Waals surface area contributed by atoms with E-state index in [0.29, 0.717) is 0 Å². The molecule has 0 amide bonds.